The molecule has 0 N–H and O–H groups in total. The third-order valence-electron chi connectivity index (χ3n) is 7.05. The van der Waals surface area contributed by atoms with Crippen LogP contribution in [0.25, 0.3) is 0 Å². The van der Waals surface area contributed by atoms with Gasteiger partial charge in [0.15, 0.2) is 6.10 Å². The minimum absolute atomic E-state index is 0.335. The van der Waals surface area contributed by atoms with E-state index in [0.717, 1.165) is 52.3 Å². The summed E-state index contributed by atoms with van der Waals surface area (Å²) in [6, 6.07) is 11.2. The van der Waals surface area contributed by atoms with Crippen molar-refractivity contribution in [2.24, 2.45) is 5.92 Å². The molecule has 0 radical (unpaired) electrons. The molecule has 4 heterocycles. The van der Waals surface area contributed by atoms with Crippen molar-refractivity contribution >= 4 is 51.1 Å². The van der Waals surface area contributed by atoms with Crippen molar-refractivity contribution in [3.05, 3.63) is 68.2 Å². The second-order valence-corrected chi connectivity index (χ2v) is 11.1. The smallest absolute Gasteiger partial charge is 0.341 e. The van der Waals surface area contributed by atoms with Crippen molar-refractivity contribution in [1.82, 2.24) is 0 Å². The molecule has 2 aliphatic heterocycles. The molecule has 0 bridgehead atoms. The maximum atomic E-state index is 14.0. The molecular formula is C26H24N2O5S2. The summed E-state index contributed by atoms with van der Waals surface area (Å²) in [5, 5.41) is 4.06. The van der Waals surface area contributed by atoms with Gasteiger partial charge in [0.05, 0.1) is 18.4 Å². The van der Waals surface area contributed by atoms with Gasteiger partial charge in [-0.3, -0.25) is 14.4 Å². The van der Waals surface area contributed by atoms with Gasteiger partial charge in [-0.05, 0) is 61.2 Å². The van der Waals surface area contributed by atoms with E-state index in [4.69, 9.17) is 9.57 Å². The van der Waals surface area contributed by atoms with Crippen LogP contribution in [0.3, 0.4) is 0 Å². The Bertz CT molecular complexity index is 1330. The largest absolute Gasteiger partial charge is 0.465 e. The molecule has 3 aromatic rings. The molecule has 2 fully saturated rings. The number of amides is 2. The first-order valence-electron chi connectivity index (χ1n) is 11.7. The molecule has 1 aromatic carbocycles. The summed E-state index contributed by atoms with van der Waals surface area (Å²) >= 11 is 2.90. The van der Waals surface area contributed by atoms with Crippen LogP contribution in [0.5, 0.6) is 0 Å². The van der Waals surface area contributed by atoms with Gasteiger partial charge >= 0.3 is 5.97 Å². The highest BCUT2D eigenvalue weighted by Gasteiger charge is 2.61. The number of methoxy groups -OCH3 is 1. The van der Waals surface area contributed by atoms with E-state index in [2.05, 4.69) is 0 Å². The number of aryl methyl sites for hydroxylation is 2. The van der Waals surface area contributed by atoms with Crippen LogP contribution in [0, 0.1) is 12.8 Å². The fourth-order valence-corrected chi connectivity index (χ4v) is 7.64. The molecule has 1 aliphatic carbocycles. The molecular weight excluding hydrogens is 484 g/mol. The lowest BCUT2D eigenvalue weighted by Gasteiger charge is -2.28. The Balaban J connectivity index is 1.45. The van der Waals surface area contributed by atoms with Gasteiger partial charge in [0, 0.05) is 9.75 Å². The number of fused-ring (bicyclic) bond motifs is 2. The van der Waals surface area contributed by atoms with Gasteiger partial charge in [-0.1, -0.05) is 24.3 Å². The summed E-state index contributed by atoms with van der Waals surface area (Å²) in [5.41, 5.74) is 3.09. The number of carbonyl (C=O) groups is 3. The first-order chi connectivity index (χ1) is 17.0. The number of imide groups is 1. The summed E-state index contributed by atoms with van der Waals surface area (Å²) < 4.78 is 5.07. The molecule has 2 saturated heterocycles. The lowest BCUT2D eigenvalue weighted by Crippen LogP contribution is -2.37. The van der Waals surface area contributed by atoms with Gasteiger partial charge in [-0.15, -0.1) is 22.7 Å². The number of nitrogens with zero attached hydrogens (tertiary/aromatic N) is 2. The molecule has 180 valence electrons. The Hall–Kier alpha value is -3.01. The highest BCUT2D eigenvalue weighted by molar-refractivity contribution is 7.17. The second kappa shape index (κ2) is 8.58. The van der Waals surface area contributed by atoms with E-state index < -0.39 is 29.9 Å². The third kappa shape index (κ3) is 3.36. The first-order valence-corrected chi connectivity index (χ1v) is 13.4. The maximum Gasteiger partial charge on any atom is 0.341 e. The van der Waals surface area contributed by atoms with Crippen LogP contribution < -0.4 is 9.96 Å². The number of para-hydroxylation sites is 1. The number of hydrogen-bond donors (Lipinski definition) is 0. The number of ether oxygens (including phenoxy) is 1. The van der Waals surface area contributed by atoms with Crippen LogP contribution in [-0.4, -0.2) is 31.0 Å². The molecule has 0 saturated carbocycles. The quantitative estimate of drug-likeness (QED) is 0.371. The van der Waals surface area contributed by atoms with Gasteiger partial charge in [0.2, 0.25) is 5.91 Å². The van der Waals surface area contributed by atoms with E-state index in [1.165, 1.54) is 34.7 Å². The highest BCUT2D eigenvalue weighted by Crippen LogP contribution is 2.51. The number of rotatable bonds is 4. The summed E-state index contributed by atoms with van der Waals surface area (Å²) in [6.45, 7) is 1.98. The van der Waals surface area contributed by atoms with Crippen molar-refractivity contribution in [2.75, 3.05) is 17.1 Å². The predicted octanol–water partition coefficient (Wildman–Crippen LogP) is 4.83. The van der Waals surface area contributed by atoms with Crippen LogP contribution >= 0.6 is 22.7 Å². The van der Waals surface area contributed by atoms with Gasteiger partial charge in [-0.25, -0.2) is 14.8 Å². The number of hydroxylamine groups is 1. The summed E-state index contributed by atoms with van der Waals surface area (Å²) in [5.74, 6) is -1.99. The number of carbonyl (C=O) groups excluding carboxylic acids is 3. The van der Waals surface area contributed by atoms with Crippen LogP contribution in [0.2, 0.25) is 0 Å². The fraction of sp³-hybridized carbons (Fsp3) is 0.346. The summed E-state index contributed by atoms with van der Waals surface area (Å²) in [6.07, 6.45) is 2.61. The summed E-state index contributed by atoms with van der Waals surface area (Å²) in [4.78, 5) is 50.0. The molecule has 9 heteroatoms. The van der Waals surface area contributed by atoms with E-state index in [1.54, 1.807) is 5.06 Å². The van der Waals surface area contributed by atoms with E-state index in [1.807, 2.05) is 48.7 Å². The Morgan fingerprint density at radius 3 is 2.63 bits per heavy atom. The van der Waals surface area contributed by atoms with Crippen molar-refractivity contribution in [3.8, 4) is 0 Å². The molecule has 7 nitrogen and oxygen atoms in total. The minimum atomic E-state index is -0.959. The van der Waals surface area contributed by atoms with Gasteiger partial charge < -0.3 is 4.74 Å². The Morgan fingerprint density at radius 2 is 1.89 bits per heavy atom. The molecule has 2 amide bonds. The number of esters is 1. The number of anilines is 2. The monoisotopic (exact) mass is 508 g/mol. The number of thiophene rings is 2. The van der Waals surface area contributed by atoms with Gasteiger partial charge in [0.1, 0.15) is 17.0 Å². The third-order valence-corrected chi connectivity index (χ3v) is 9.27. The Morgan fingerprint density at radius 1 is 1.09 bits per heavy atom. The van der Waals surface area contributed by atoms with E-state index >= 15 is 0 Å². The zero-order valence-electron chi connectivity index (χ0n) is 19.4. The number of hydrogen-bond acceptors (Lipinski definition) is 8. The molecule has 6 rings (SSSR count). The topological polar surface area (TPSA) is 76.2 Å². The van der Waals surface area contributed by atoms with Gasteiger partial charge in [-0.2, -0.15) is 0 Å². The lowest BCUT2D eigenvalue weighted by molar-refractivity contribution is -0.126. The fourth-order valence-electron chi connectivity index (χ4n) is 5.40. The standard InChI is InChI=1S/C26H24N2O5S2/c1-14-8-3-5-10-16(14)28-21(18-12-7-13-34-18)20-22(33-28)24(30)27(23(20)29)25-19(26(31)32-2)15-9-4-6-11-17(15)35-25/h3,5,7-8,10,12-13,20-22H,4,6,9,11H2,1-2H3/t20-,21-,22+/m0/s1. The molecule has 0 unspecified atom stereocenters. The van der Waals surface area contributed by atoms with Crippen LogP contribution in [0.1, 0.15) is 50.1 Å². The first kappa shape index (κ1) is 22.5. The molecule has 0 spiro atoms. The molecule has 2 aromatic heterocycles. The summed E-state index contributed by atoms with van der Waals surface area (Å²) in [7, 11) is 1.33. The second-order valence-electron chi connectivity index (χ2n) is 9.02. The van der Waals surface area contributed by atoms with Crippen molar-refractivity contribution in [3.63, 3.8) is 0 Å². The maximum absolute atomic E-state index is 14.0. The van der Waals surface area contributed by atoms with E-state index in [0.29, 0.717) is 10.6 Å². The zero-order chi connectivity index (χ0) is 24.3. The Labute approximate surface area is 210 Å². The van der Waals surface area contributed by atoms with Crippen molar-refractivity contribution in [1.29, 1.82) is 0 Å². The molecule has 3 aliphatic rings. The average Bonchev–Trinajstić information content (AvgIpc) is 3.63. The Kier molecular flexibility index (Phi) is 5.51. The van der Waals surface area contributed by atoms with Crippen LogP contribution in [0.4, 0.5) is 10.7 Å². The SMILES string of the molecule is COC(=O)c1c(N2C(=O)[C@@H]3[C@@H](ON(c4ccccc4C)[C@H]3c3cccs3)C2=O)sc2c1CCCC2. The van der Waals surface area contributed by atoms with Crippen molar-refractivity contribution in [2.45, 2.75) is 44.8 Å². The van der Waals surface area contributed by atoms with Gasteiger partial charge in [0.25, 0.3) is 5.91 Å². The van der Waals surface area contributed by atoms with Crippen molar-refractivity contribution < 1.29 is 24.0 Å². The van der Waals surface area contributed by atoms with Crippen LogP contribution in [0.15, 0.2) is 41.8 Å². The van der Waals surface area contributed by atoms with E-state index in [9.17, 15) is 14.4 Å². The average molecular weight is 509 g/mol. The predicted molar refractivity (Wildman–Crippen MR) is 134 cm³/mol. The normalized spacial score (nSPS) is 23.5. The van der Waals surface area contributed by atoms with E-state index in [-0.39, 0.29) is 5.91 Å². The minimum Gasteiger partial charge on any atom is -0.465 e. The zero-order valence-corrected chi connectivity index (χ0v) is 21.0. The highest BCUT2D eigenvalue weighted by atomic mass is 32.1. The lowest BCUT2D eigenvalue weighted by atomic mass is 9.94. The number of benzene rings is 1. The molecule has 35 heavy (non-hydrogen) atoms. The molecule has 3 atom stereocenters. The van der Waals surface area contributed by atoms with Crippen LogP contribution in [-0.2, 0) is 32.0 Å².